The number of nitrogens with one attached hydrogen (secondary N) is 3. The Bertz CT molecular complexity index is 1960. The Morgan fingerprint density at radius 3 is 2.48 bits per heavy atom. The van der Waals surface area contributed by atoms with Crippen LogP contribution in [0.1, 0.15) is 11.1 Å². The van der Waals surface area contributed by atoms with E-state index >= 15 is 0 Å². The number of pyridine rings is 2. The van der Waals surface area contributed by atoms with E-state index in [1.165, 1.54) is 17.7 Å². The molecule has 0 spiro atoms. The summed E-state index contributed by atoms with van der Waals surface area (Å²) >= 11 is 0. The summed E-state index contributed by atoms with van der Waals surface area (Å²) in [7, 11) is 0. The van der Waals surface area contributed by atoms with Gasteiger partial charge < -0.3 is 10.3 Å². The van der Waals surface area contributed by atoms with Gasteiger partial charge in [0, 0.05) is 36.6 Å². The lowest BCUT2D eigenvalue weighted by atomic mass is 10.0. The van der Waals surface area contributed by atoms with Gasteiger partial charge in [0.05, 0.1) is 22.2 Å². The number of aromatic amines is 2. The number of imidazole rings is 1. The summed E-state index contributed by atoms with van der Waals surface area (Å²) in [4.78, 5) is 17.6. The van der Waals surface area contributed by atoms with Crippen molar-refractivity contribution in [2.45, 2.75) is 13.1 Å². The minimum Gasteiger partial charge on any atom is -0.336 e. The lowest BCUT2D eigenvalue weighted by molar-refractivity contribution is 0.628. The summed E-state index contributed by atoms with van der Waals surface area (Å²) in [5.41, 5.74) is 9.35. The van der Waals surface area contributed by atoms with E-state index in [0.29, 0.717) is 23.6 Å². The smallest absolute Gasteiger partial charge is 0.161 e. The quantitative estimate of drug-likeness (QED) is 0.216. The van der Waals surface area contributed by atoms with Crippen LogP contribution in [0.5, 0.6) is 0 Å². The van der Waals surface area contributed by atoms with E-state index in [9.17, 15) is 4.39 Å². The highest BCUT2D eigenvalue weighted by Crippen LogP contribution is 2.32. The molecule has 3 N–H and O–H groups in total. The molecule has 0 aliphatic rings. The van der Waals surface area contributed by atoms with Crippen LogP contribution in [0.15, 0.2) is 103 Å². The molecule has 0 fully saturated rings. The second kappa shape index (κ2) is 10.2. The number of halogens is 1. The predicted molar refractivity (Wildman–Crippen MR) is 155 cm³/mol. The van der Waals surface area contributed by atoms with E-state index in [1.54, 1.807) is 6.07 Å². The first-order valence-electron chi connectivity index (χ1n) is 13.0. The van der Waals surface area contributed by atoms with Crippen LogP contribution in [0.25, 0.3) is 56.0 Å². The molecular formula is C32H24FN7. The molecule has 0 amide bonds. The normalized spacial score (nSPS) is 11.4. The summed E-state index contributed by atoms with van der Waals surface area (Å²) in [6, 6.07) is 28.7. The SMILES string of the molecule is Fc1cccc(-c2cccc3[nH]c(-c4n[nH]c5ccc(-c6cncc(CNCc7ccccc7)c6)nc45)nc23)c1. The van der Waals surface area contributed by atoms with Crippen LogP contribution in [-0.2, 0) is 13.1 Å². The van der Waals surface area contributed by atoms with Crippen molar-refractivity contribution in [3.8, 4) is 33.9 Å². The minimum atomic E-state index is -0.286. The van der Waals surface area contributed by atoms with Crippen molar-refractivity contribution in [3.63, 3.8) is 0 Å². The fraction of sp³-hybridized carbons (Fsp3) is 0.0625. The highest BCUT2D eigenvalue weighted by molar-refractivity contribution is 5.96. The number of hydrogen-bond acceptors (Lipinski definition) is 5. The van der Waals surface area contributed by atoms with Gasteiger partial charge in [-0.05, 0) is 53.1 Å². The summed E-state index contributed by atoms with van der Waals surface area (Å²) in [6.07, 6.45) is 3.69. The molecule has 7 aromatic rings. The van der Waals surface area contributed by atoms with Crippen LogP contribution in [0.3, 0.4) is 0 Å². The predicted octanol–water partition coefficient (Wildman–Crippen LogP) is 6.66. The van der Waals surface area contributed by atoms with E-state index in [1.807, 2.05) is 67.0 Å². The van der Waals surface area contributed by atoms with E-state index < -0.39 is 0 Å². The van der Waals surface area contributed by atoms with Gasteiger partial charge in [-0.2, -0.15) is 5.10 Å². The molecule has 0 aliphatic carbocycles. The van der Waals surface area contributed by atoms with E-state index in [2.05, 4.69) is 43.7 Å². The third kappa shape index (κ3) is 4.61. The largest absolute Gasteiger partial charge is 0.336 e. The van der Waals surface area contributed by atoms with Gasteiger partial charge in [-0.3, -0.25) is 10.1 Å². The van der Waals surface area contributed by atoms with Crippen LogP contribution >= 0.6 is 0 Å². The fourth-order valence-electron chi connectivity index (χ4n) is 4.93. The minimum absolute atomic E-state index is 0.286. The fourth-order valence-corrected chi connectivity index (χ4v) is 4.93. The summed E-state index contributed by atoms with van der Waals surface area (Å²) in [6.45, 7) is 1.48. The van der Waals surface area contributed by atoms with E-state index in [4.69, 9.17) is 9.97 Å². The number of aromatic nitrogens is 6. The van der Waals surface area contributed by atoms with Crippen molar-refractivity contribution < 1.29 is 4.39 Å². The molecule has 4 heterocycles. The number of rotatable bonds is 7. The van der Waals surface area contributed by atoms with Crippen molar-refractivity contribution >= 4 is 22.1 Å². The Labute approximate surface area is 229 Å². The topological polar surface area (TPSA) is 95.2 Å². The summed E-state index contributed by atoms with van der Waals surface area (Å²) in [5, 5.41) is 11.1. The average Bonchev–Trinajstić information content (AvgIpc) is 3.62. The Morgan fingerprint density at radius 1 is 0.700 bits per heavy atom. The number of hydrogen-bond donors (Lipinski definition) is 3. The first-order chi connectivity index (χ1) is 19.7. The zero-order chi connectivity index (χ0) is 26.9. The molecule has 0 saturated carbocycles. The molecule has 0 radical (unpaired) electrons. The van der Waals surface area contributed by atoms with Crippen molar-refractivity contribution in [2.24, 2.45) is 0 Å². The van der Waals surface area contributed by atoms with Gasteiger partial charge in [-0.15, -0.1) is 0 Å². The van der Waals surface area contributed by atoms with Gasteiger partial charge in [0.25, 0.3) is 0 Å². The molecule has 40 heavy (non-hydrogen) atoms. The molecule has 0 bridgehead atoms. The van der Waals surface area contributed by atoms with Crippen molar-refractivity contribution in [3.05, 3.63) is 120 Å². The third-order valence-corrected chi connectivity index (χ3v) is 6.87. The summed E-state index contributed by atoms with van der Waals surface area (Å²) < 4.78 is 13.9. The molecule has 7 nitrogen and oxygen atoms in total. The van der Waals surface area contributed by atoms with Gasteiger partial charge in [0.2, 0.25) is 0 Å². The van der Waals surface area contributed by atoms with Gasteiger partial charge in [0.15, 0.2) is 11.5 Å². The molecule has 0 atom stereocenters. The maximum Gasteiger partial charge on any atom is 0.161 e. The number of H-pyrrole nitrogens is 2. The molecule has 3 aromatic carbocycles. The number of fused-ring (bicyclic) bond motifs is 2. The molecule has 0 unspecified atom stereocenters. The number of nitrogens with zero attached hydrogens (tertiary/aromatic N) is 4. The lowest BCUT2D eigenvalue weighted by Crippen LogP contribution is -2.12. The second-order valence-electron chi connectivity index (χ2n) is 9.63. The molecule has 194 valence electrons. The molecule has 4 aromatic heterocycles. The van der Waals surface area contributed by atoms with Crippen LogP contribution in [0.2, 0.25) is 0 Å². The number of para-hydroxylation sites is 1. The highest BCUT2D eigenvalue weighted by Gasteiger charge is 2.17. The zero-order valence-corrected chi connectivity index (χ0v) is 21.4. The molecule has 8 heteroatoms. The van der Waals surface area contributed by atoms with Crippen LogP contribution in [0.4, 0.5) is 4.39 Å². The maximum absolute atomic E-state index is 13.9. The van der Waals surface area contributed by atoms with E-state index in [0.717, 1.165) is 51.0 Å². The van der Waals surface area contributed by atoms with Gasteiger partial charge in [-0.1, -0.05) is 54.6 Å². The van der Waals surface area contributed by atoms with Crippen molar-refractivity contribution in [1.82, 2.24) is 35.5 Å². The first-order valence-corrected chi connectivity index (χ1v) is 13.0. The molecular weight excluding hydrogens is 501 g/mol. The Kier molecular flexibility index (Phi) is 6.07. The van der Waals surface area contributed by atoms with Crippen LogP contribution < -0.4 is 5.32 Å². The first kappa shape index (κ1) is 23.9. The Balaban J connectivity index is 1.20. The maximum atomic E-state index is 13.9. The van der Waals surface area contributed by atoms with Crippen LogP contribution in [0, 0.1) is 5.82 Å². The zero-order valence-electron chi connectivity index (χ0n) is 21.4. The van der Waals surface area contributed by atoms with Crippen molar-refractivity contribution in [2.75, 3.05) is 0 Å². The lowest BCUT2D eigenvalue weighted by Gasteiger charge is -2.07. The molecule has 0 saturated heterocycles. The standard InChI is InChI=1S/C32H24FN7/c33-24-9-4-8-22(15-24)25-10-5-11-27-29(25)38-32(37-27)31-30-28(39-40-31)13-12-26(36-30)23-14-21(18-35-19-23)17-34-16-20-6-2-1-3-7-20/h1-15,18-19,34H,16-17H2,(H,37,38)(H,39,40). The molecule has 7 rings (SSSR count). The third-order valence-electron chi connectivity index (χ3n) is 6.87. The highest BCUT2D eigenvalue weighted by atomic mass is 19.1. The second-order valence-corrected chi connectivity index (χ2v) is 9.63. The Hall–Kier alpha value is -5.21. The average molecular weight is 526 g/mol. The monoisotopic (exact) mass is 525 g/mol. The van der Waals surface area contributed by atoms with Gasteiger partial charge in [0.1, 0.15) is 11.3 Å². The molecule has 0 aliphatic heterocycles. The van der Waals surface area contributed by atoms with Gasteiger partial charge >= 0.3 is 0 Å². The number of benzene rings is 3. The van der Waals surface area contributed by atoms with E-state index in [-0.39, 0.29) is 5.82 Å². The van der Waals surface area contributed by atoms with Gasteiger partial charge in [-0.25, -0.2) is 14.4 Å². The van der Waals surface area contributed by atoms with Crippen molar-refractivity contribution in [1.29, 1.82) is 0 Å². The summed E-state index contributed by atoms with van der Waals surface area (Å²) in [5.74, 6) is 0.303. The Morgan fingerprint density at radius 2 is 1.57 bits per heavy atom. The van der Waals surface area contributed by atoms with Crippen LogP contribution in [-0.4, -0.2) is 30.1 Å².